The van der Waals surface area contributed by atoms with Crippen LogP contribution in [0.4, 0.5) is 0 Å². The van der Waals surface area contributed by atoms with E-state index in [1.54, 1.807) is 7.11 Å². The monoisotopic (exact) mass is 334 g/mol. The van der Waals surface area contributed by atoms with Gasteiger partial charge in [-0.1, -0.05) is 34.1 Å². The Kier molecular flexibility index (Phi) is 4.78. The average molecular weight is 335 g/mol. The molecule has 0 aliphatic carbocycles. The number of aromatic nitrogens is 1. The Bertz CT molecular complexity index is 550. The van der Waals surface area contributed by atoms with Crippen LogP contribution < -0.4 is 10.1 Å². The number of nitrogens with one attached hydrogen (secondary N) is 1. The maximum Gasteiger partial charge on any atom is 0.212 e. The van der Waals surface area contributed by atoms with Gasteiger partial charge in [-0.25, -0.2) is 4.98 Å². The maximum atomic E-state index is 5.06. The highest BCUT2D eigenvalue weighted by molar-refractivity contribution is 9.10. The lowest BCUT2D eigenvalue weighted by atomic mass is 9.94. The summed E-state index contributed by atoms with van der Waals surface area (Å²) in [6, 6.07) is 12.3. The van der Waals surface area contributed by atoms with Gasteiger partial charge in [-0.2, -0.15) is 0 Å². The fraction of sp³-hybridized carbons (Fsp3) is 0.312. The standard InChI is InChI=1S/C16H19BrN2O/c1-16(2,13-5-7-14(17)8-6-13)19-11-12-4-9-15(20-3)18-10-12/h4-10,19H,11H2,1-3H3. The summed E-state index contributed by atoms with van der Waals surface area (Å²) in [5, 5.41) is 3.55. The third-order valence-corrected chi connectivity index (χ3v) is 3.84. The SMILES string of the molecule is COc1ccc(CNC(C)(C)c2ccc(Br)cc2)cn1. The summed E-state index contributed by atoms with van der Waals surface area (Å²) < 4.78 is 6.15. The van der Waals surface area contributed by atoms with Gasteiger partial charge in [0, 0.05) is 28.8 Å². The van der Waals surface area contributed by atoms with Gasteiger partial charge < -0.3 is 10.1 Å². The van der Waals surface area contributed by atoms with Gasteiger partial charge in [0.1, 0.15) is 0 Å². The Labute approximate surface area is 128 Å². The lowest BCUT2D eigenvalue weighted by Gasteiger charge is -2.27. The molecule has 0 amide bonds. The minimum Gasteiger partial charge on any atom is -0.481 e. The number of hydrogen-bond donors (Lipinski definition) is 1. The highest BCUT2D eigenvalue weighted by Crippen LogP contribution is 2.22. The van der Waals surface area contributed by atoms with Gasteiger partial charge in [-0.05, 0) is 37.1 Å². The van der Waals surface area contributed by atoms with Gasteiger partial charge >= 0.3 is 0 Å². The lowest BCUT2D eigenvalue weighted by molar-refractivity contribution is 0.392. The van der Waals surface area contributed by atoms with Crippen molar-refractivity contribution in [3.63, 3.8) is 0 Å². The molecule has 1 heterocycles. The molecule has 106 valence electrons. The Morgan fingerprint density at radius 2 is 1.85 bits per heavy atom. The first-order valence-electron chi connectivity index (χ1n) is 6.51. The fourth-order valence-electron chi connectivity index (χ4n) is 1.93. The van der Waals surface area contributed by atoms with Crippen LogP contribution in [0.2, 0.25) is 0 Å². The zero-order chi connectivity index (χ0) is 14.6. The van der Waals surface area contributed by atoms with Crippen molar-refractivity contribution in [3.05, 3.63) is 58.2 Å². The minimum atomic E-state index is -0.0966. The molecule has 2 rings (SSSR count). The largest absolute Gasteiger partial charge is 0.481 e. The number of benzene rings is 1. The zero-order valence-corrected chi connectivity index (χ0v) is 13.6. The van der Waals surface area contributed by atoms with E-state index in [0.29, 0.717) is 5.88 Å². The third kappa shape index (κ3) is 3.81. The summed E-state index contributed by atoms with van der Waals surface area (Å²) in [7, 11) is 1.62. The summed E-state index contributed by atoms with van der Waals surface area (Å²) in [4.78, 5) is 4.21. The molecule has 0 saturated heterocycles. The topological polar surface area (TPSA) is 34.1 Å². The molecule has 0 radical (unpaired) electrons. The second kappa shape index (κ2) is 6.37. The Morgan fingerprint density at radius 1 is 1.15 bits per heavy atom. The third-order valence-electron chi connectivity index (χ3n) is 3.31. The first-order valence-corrected chi connectivity index (χ1v) is 7.30. The smallest absolute Gasteiger partial charge is 0.212 e. The van der Waals surface area contributed by atoms with Crippen molar-refractivity contribution < 1.29 is 4.74 Å². The van der Waals surface area contributed by atoms with Crippen molar-refractivity contribution in [1.82, 2.24) is 10.3 Å². The number of pyridine rings is 1. The summed E-state index contributed by atoms with van der Waals surface area (Å²) in [6.07, 6.45) is 1.84. The molecule has 1 aromatic heterocycles. The molecule has 0 bridgehead atoms. The number of halogens is 1. The van der Waals surface area contributed by atoms with Gasteiger partial charge in [0.05, 0.1) is 7.11 Å². The van der Waals surface area contributed by atoms with Gasteiger partial charge in [0.25, 0.3) is 0 Å². The van der Waals surface area contributed by atoms with E-state index in [0.717, 1.165) is 16.6 Å². The van der Waals surface area contributed by atoms with Crippen molar-refractivity contribution in [2.75, 3.05) is 7.11 Å². The predicted octanol–water partition coefficient (Wildman–Crippen LogP) is 3.88. The zero-order valence-electron chi connectivity index (χ0n) is 12.0. The van der Waals surface area contributed by atoms with Gasteiger partial charge in [0.2, 0.25) is 5.88 Å². The van der Waals surface area contributed by atoms with Crippen LogP contribution in [0.1, 0.15) is 25.0 Å². The van der Waals surface area contributed by atoms with E-state index < -0.39 is 0 Å². The first-order chi connectivity index (χ1) is 9.51. The van der Waals surface area contributed by atoms with Crippen molar-refractivity contribution in [2.24, 2.45) is 0 Å². The Hall–Kier alpha value is -1.39. The second-order valence-corrected chi connectivity index (χ2v) is 6.11. The van der Waals surface area contributed by atoms with Crippen LogP contribution >= 0.6 is 15.9 Å². The van der Waals surface area contributed by atoms with E-state index in [-0.39, 0.29) is 5.54 Å². The Balaban J connectivity index is 2.02. The molecule has 2 aromatic rings. The molecule has 1 aromatic carbocycles. The molecule has 1 N–H and O–H groups in total. The maximum absolute atomic E-state index is 5.06. The van der Waals surface area contributed by atoms with Crippen LogP contribution in [0.5, 0.6) is 5.88 Å². The number of hydrogen-bond acceptors (Lipinski definition) is 3. The predicted molar refractivity (Wildman–Crippen MR) is 84.8 cm³/mol. The van der Waals surface area contributed by atoms with Crippen LogP contribution in [-0.4, -0.2) is 12.1 Å². The molecular formula is C16H19BrN2O. The number of rotatable bonds is 5. The molecule has 4 heteroatoms. The van der Waals surface area contributed by atoms with E-state index in [4.69, 9.17) is 4.74 Å². The van der Waals surface area contributed by atoms with Crippen molar-refractivity contribution in [2.45, 2.75) is 25.9 Å². The van der Waals surface area contributed by atoms with Crippen LogP contribution in [-0.2, 0) is 12.1 Å². The molecule has 0 spiro atoms. The van der Waals surface area contributed by atoms with E-state index >= 15 is 0 Å². The van der Waals surface area contributed by atoms with Crippen molar-refractivity contribution in [3.8, 4) is 5.88 Å². The highest BCUT2D eigenvalue weighted by Gasteiger charge is 2.19. The lowest BCUT2D eigenvalue weighted by Crippen LogP contribution is -2.35. The Morgan fingerprint density at radius 3 is 2.40 bits per heavy atom. The number of ether oxygens (including phenoxy) is 1. The molecule has 20 heavy (non-hydrogen) atoms. The molecule has 0 aliphatic rings. The van der Waals surface area contributed by atoms with Gasteiger partial charge in [-0.15, -0.1) is 0 Å². The van der Waals surface area contributed by atoms with E-state index in [1.165, 1.54) is 5.56 Å². The molecule has 0 atom stereocenters. The normalized spacial score (nSPS) is 11.4. The van der Waals surface area contributed by atoms with Crippen LogP contribution in [0.3, 0.4) is 0 Å². The van der Waals surface area contributed by atoms with E-state index in [2.05, 4.69) is 64.3 Å². The number of nitrogens with zero attached hydrogens (tertiary/aromatic N) is 1. The van der Waals surface area contributed by atoms with Gasteiger partial charge in [0.15, 0.2) is 0 Å². The first kappa shape index (κ1) is 15.0. The van der Waals surface area contributed by atoms with Crippen LogP contribution in [0.15, 0.2) is 47.1 Å². The molecule has 0 saturated carbocycles. The molecular weight excluding hydrogens is 316 g/mol. The van der Waals surface area contributed by atoms with Crippen molar-refractivity contribution >= 4 is 15.9 Å². The summed E-state index contributed by atoms with van der Waals surface area (Å²) in [5.41, 5.74) is 2.29. The van der Waals surface area contributed by atoms with E-state index in [1.807, 2.05) is 18.3 Å². The molecule has 0 unspecified atom stereocenters. The second-order valence-electron chi connectivity index (χ2n) is 5.19. The quantitative estimate of drug-likeness (QED) is 0.900. The minimum absolute atomic E-state index is 0.0966. The summed E-state index contributed by atoms with van der Waals surface area (Å²) in [6.45, 7) is 5.11. The molecule has 3 nitrogen and oxygen atoms in total. The fourth-order valence-corrected chi connectivity index (χ4v) is 2.19. The van der Waals surface area contributed by atoms with Crippen LogP contribution in [0.25, 0.3) is 0 Å². The number of methoxy groups -OCH3 is 1. The van der Waals surface area contributed by atoms with Gasteiger partial charge in [-0.3, -0.25) is 0 Å². The molecule has 0 aliphatic heterocycles. The van der Waals surface area contributed by atoms with Crippen molar-refractivity contribution in [1.29, 1.82) is 0 Å². The average Bonchev–Trinajstić information content (AvgIpc) is 2.46. The van der Waals surface area contributed by atoms with E-state index in [9.17, 15) is 0 Å². The highest BCUT2D eigenvalue weighted by atomic mass is 79.9. The summed E-state index contributed by atoms with van der Waals surface area (Å²) >= 11 is 3.46. The summed E-state index contributed by atoms with van der Waals surface area (Å²) in [5.74, 6) is 0.640. The van der Waals surface area contributed by atoms with Crippen LogP contribution in [0, 0.1) is 0 Å². The molecule has 0 fully saturated rings.